The molecule has 0 atom stereocenters. The van der Waals surface area contributed by atoms with Gasteiger partial charge in [0.1, 0.15) is 17.4 Å². The van der Waals surface area contributed by atoms with Crippen LogP contribution in [0.25, 0.3) is 11.3 Å². The van der Waals surface area contributed by atoms with Gasteiger partial charge in [0.05, 0.1) is 19.3 Å². The number of nitrogens with zero attached hydrogens (tertiary/aromatic N) is 4. The molecule has 1 aromatic carbocycles. The van der Waals surface area contributed by atoms with Crippen LogP contribution in [0.15, 0.2) is 52.7 Å². The second kappa shape index (κ2) is 7.68. The number of ether oxygens (including phenoxy) is 1. The van der Waals surface area contributed by atoms with Crippen LogP contribution in [0.3, 0.4) is 0 Å². The minimum atomic E-state index is -0.440. The molecule has 25 heavy (non-hydrogen) atoms. The fraction of sp³-hybridized carbons (Fsp3) is 0.176. The van der Waals surface area contributed by atoms with E-state index in [-0.39, 0.29) is 5.56 Å². The number of hydrogen-bond acceptors (Lipinski definition) is 6. The average molecular weight is 353 g/mol. The summed E-state index contributed by atoms with van der Waals surface area (Å²) in [4.78, 5) is 19.3. The number of nitrogens with one attached hydrogen (secondary N) is 1. The predicted molar refractivity (Wildman–Crippen MR) is 94.5 cm³/mol. The van der Waals surface area contributed by atoms with Crippen molar-refractivity contribution in [3.8, 4) is 23.1 Å². The molecule has 0 aliphatic carbocycles. The van der Waals surface area contributed by atoms with Crippen LogP contribution in [-0.4, -0.2) is 32.6 Å². The van der Waals surface area contributed by atoms with Crippen molar-refractivity contribution in [1.29, 1.82) is 5.26 Å². The summed E-state index contributed by atoms with van der Waals surface area (Å²) in [6.07, 6.45) is 3.59. The van der Waals surface area contributed by atoms with Crippen molar-refractivity contribution in [3.05, 3.63) is 58.6 Å². The molecular weight excluding hydrogens is 338 g/mol. The van der Waals surface area contributed by atoms with Gasteiger partial charge in [-0.3, -0.25) is 9.48 Å². The van der Waals surface area contributed by atoms with E-state index in [2.05, 4.69) is 15.1 Å². The first-order chi connectivity index (χ1) is 12.2. The van der Waals surface area contributed by atoms with E-state index in [1.807, 2.05) is 18.3 Å². The summed E-state index contributed by atoms with van der Waals surface area (Å²) in [5, 5.41) is 13.9. The second-order valence-electron chi connectivity index (χ2n) is 5.05. The van der Waals surface area contributed by atoms with Gasteiger partial charge in [0, 0.05) is 23.7 Å². The van der Waals surface area contributed by atoms with Gasteiger partial charge in [0.2, 0.25) is 0 Å². The second-order valence-corrected chi connectivity index (χ2v) is 6.14. The van der Waals surface area contributed by atoms with Gasteiger partial charge in [-0.2, -0.15) is 10.4 Å². The van der Waals surface area contributed by atoms with Crippen molar-refractivity contribution in [3.63, 3.8) is 0 Å². The highest BCUT2D eigenvalue weighted by atomic mass is 32.2. The highest BCUT2D eigenvalue weighted by Crippen LogP contribution is 2.24. The van der Waals surface area contributed by atoms with Crippen LogP contribution in [-0.2, 0) is 6.54 Å². The smallest absolute Gasteiger partial charge is 0.270 e. The highest BCUT2D eigenvalue weighted by Gasteiger charge is 2.13. The third-order valence-electron chi connectivity index (χ3n) is 3.49. The Hall–Kier alpha value is -3.05. The summed E-state index contributed by atoms with van der Waals surface area (Å²) in [5.41, 5.74) is 0.624. The van der Waals surface area contributed by atoms with Crippen molar-refractivity contribution >= 4 is 11.8 Å². The van der Waals surface area contributed by atoms with Gasteiger partial charge in [-0.05, 0) is 30.3 Å². The zero-order valence-electron chi connectivity index (χ0n) is 13.5. The lowest BCUT2D eigenvalue weighted by atomic mass is 10.1. The molecule has 0 aliphatic rings. The number of H-pyrrole nitrogens is 1. The fourth-order valence-electron chi connectivity index (χ4n) is 2.25. The molecule has 0 fully saturated rings. The van der Waals surface area contributed by atoms with E-state index in [4.69, 9.17) is 4.74 Å². The Bertz CT molecular complexity index is 943. The number of benzene rings is 1. The maximum absolute atomic E-state index is 12.2. The molecule has 2 aromatic heterocycles. The molecule has 0 radical (unpaired) electrons. The molecule has 1 N–H and O–H groups in total. The van der Waals surface area contributed by atoms with E-state index >= 15 is 0 Å². The van der Waals surface area contributed by atoms with Crippen LogP contribution < -0.4 is 10.3 Å². The maximum atomic E-state index is 12.2. The van der Waals surface area contributed by atoms with E-state index < -0.39 is 5.56 Å². The van der Waals surface area contributed by atoms with Gasteiger partial charge >= 0.3 is 0 Å². The number of aryl methyl sites for hydroxylation is 1. The first kappa shape index (κ1) is 16.8. The molecule has 0 bridgehead atoms. The molecule has 0 amide bonds. The largest absolute Gasteiger partial charge is 0.497 e. The minimum absolute atomic E-state index is 0.00148. The van der Waals surface area contributed by atoms with E-state index in [1.165, 1.54) is 11.8 Å². The van der Waals surface area contributed by atoms with Gasteiger partial charge in [-0.25, -0.2) is 4.98 Å². The van der Waals surface area contributed by atoms with E-state index in [9.17, 15) is 10.1 Å². The fourth-order valence-corrected chi connectivity index (χ4v) is 3.04. The van der Waals surface area contributed by atoms with Crippen molar-refractivity contribution < 1.29 is 4.74 Å². The number of hydrogen-bond donors (Lipinski definition) is 1. The highest BCUT2D eigenvalue weighted by molar-refractivity contribution is 7.99. The molecule has 8 heteroatoms. The maximum Gasteiger partial charge on any atom is 0.270 e. The van der Waals surface area contributed by atoms with E-state index in [1.54, 1.807) is 42.3 Å². The summed E-state index contributed by atoms with van der Waals surface area (Å²) in [6, 6.07) is 10.9. The van der Waals surface area contributed by atoms with Crippen LogP contribution in [0, 0.1) is 11.3 Å². The number of aromatic amines is 1. The summed E-state index contributed by atoms with van der Waals surface area (Å²) in [6.45, 7) is 0.694. The summed E-state index contributed by atoms with van der Waals surface area (Å²) in [7, 11) is 1.58. The van der Waals surface area contributed by atoms with Gasteiger partial charge < -0.3 is 9.72 Å². The first-order valence-electron chi connectivity index (χ1n) is 7.50. The van der Waals surface area contributed by atoms with Gasteiger partial charge in [0.15, 0.2) is 5.16 Å². The summed E-state index contributed by atoms with van der Waals surface area (Å²) < 4.78 is 6.94. The zero-order chi connectivity index (χ0) is 17.6. The lowest BCUT2D eigenvalue weighted by Crippen LogP contribution is -2.15. The first-order valence-corrected chi connectivity index (χ1v) is 8.49. The Morgan fingerprint density at radius 2 is 2.16 bits per heavy atom. The van der Waals surface area contributed by atoms with Crippen LogP contribution in [0.1, 0.15) is 5.56 Å². The van der Waals surface area contributed by atoms with Crippen molar-refractivity contribution in [2.45, 2.75) is 11.7 Å². The van der Waals surface area contributed by atoms with Crippen LogP contribution in [0.2, 0.25) is 0 Å². The molecule has 126 valence electrons. The zero-order valence-corrected chi connectivity index (χ0v) is 14.3. The van der Waals surface area contributed by atoms with Gasteiger partial charge in [-0.1, -0.05) is 11.8 Å². The van der Waals surface area contributed by atoms with Crippen molar-refractivity contribution in [2.24, 2.45) is 0 Å². The Balaban J connectivity index is 1.86. The minimum Gasteiger partial charge on any atom is -0.497 e. The normalized spacial score (nSPS) is 10.4. The van der Waals surface area contributed by atoms with Crippen molar-refractivity contribution in [2.75, 3.05) is 12.9 Å². The number of rotatable bonds is 6. The number of aromatic nitrogens is 4. The molecule has 0 saturated heterocycles. The topological polar surface area (TPSA) is 96.6 Å². The third-order valence-corrected chi connectivity index (χ3v) is 4.34. The predicted octanol–water partition coefficient (Wildman–Crippen LogP) is 2.31. The number of nitriles is 1. The average Bonchev–Trinajstić information content (AvgIpc) is 3.15. The van der Waals surface area contributed by atoms with E-state index in [0.717, 1.165) is 0 Å². The summed E-state index contributed by atoms with van der Waals surface area (Å²) in [5.74, 6) is 1.39. The van der Waals surface area contributed by atoms with E-state index in [0.29, 0.717) is 34.5 Å². The summed E-state index contributed by atoms with van der Waals surface area (Å²) >= 11 is 1.41. The molecule has 0 saturated carbocycles. The Labute approximate surface area is 148 Å². The molecule has 2 heterocycles. The van der Waals surface area contributed by atoms with Gasteiger partial charge in [0.25, 0.3) is 5.56 Å². The van der Waals surface area contributed by atoms with Crippen molar-refractivity contribution in [1.82, 2.24) is 19.7 Å². The van der Waals surface area contributed by atoms with Crippen LogP contribution in [0.5, 0.6) is 5.75 Å². The molecule has 3 aromatic rings. The Morgan fingerprint density at radius 3 is 2.80 bits per heavy atom. The van der Waals surface area contributed by atoms with Crippen LogP contribution in [0.4, 0.5) is 0 Å². The molecule has 7 nitrogen and oxygen atoms in total. The lowest BCUT2D eigenvalue weighted by Gasteiger charge is -2.07. The number of methoxy groups -OCH3 is 1. The Kier molecular flexibility index (Phi) is 5.16. The monoisotopic (exact) mass is 353 g/mol. The standard InChI is InChI=1S/C17H15N5O2S/c1-24-13-5-3-12(4-6-13)15-14(11-18)16(23)21-17(20-15)25-10-9-22-8-2-7-19-22/h2-8H,9-10H2,1H3,(H,20,21,23). The molecule has 3 rings (SSSR count). The molecule has 0 spiro atoms. The molecule has 0 aliphatic heterocycles. The molecule has 0 unspecified atom stereocenters. The third kappa shape index (κ3) is 3.89. The number of thioether (sulfide) groups is 1. The van der Waals surface area contributed by atoms with Crippen LogP contribution >= 0.6 is 11.8 Å². The van der Waals surface area contributed by atoms with Gasteiger partial charge in [-0.15, -0.1) is 0 Å². The Morgan fingerprint density at radius 1 is 1.36 bits per heavy atom. The lowest BCUT2D eigenvalue weighted by molar-refractivity contribution is 0.415. The molecular formula is C17H15N5O2S. The SMILES string of the molecule is COc1ccc(-c2nc(SCCn3cccn3)[nH]c(=O)c2C#N)cc1. The quantitative estimate of drug-likeness (QED) is 0.539.